The Bertz CT molecular complexity index is 471. The van der Waals surface area contributed by atoms with Crippen molar-refractivity contribution < 1.29 is 4.79 Å². The zero-order valence-electron chi connectivity index (χ0n) is 9.96. The van der Waals surface area contributed by atoms with Crippen LogP contribution < -0.4 is 5.32 Å². The van der Waals surface area contributed by atoms with Crippen molar-refractivity contribution in [2.75, 3.05) is 6.54 Å². The smallest absolute Gasteiger partial charge is 0.252 e. The molecule has 0 spiro atoms. The third-order valence-corrected chi connectivity index (χ3v) is 4.25. The Hall–Kier alpha value is -0.610. The van der Waals surface area contributed by atoms with Crippen LogP contribution in [0.5, 0.6) is 0 Å². The lowest BCUT2D eigenvalue weighted by atomic mass is 9.94. The van der Waals surface area contributed by atoms with Gasteiger partial charge in [0.05, 0.1) is 5.56 Å². The average Bonchev–Trinajstić information content (AvgIpc) is 2.37. The highest BCUT2D eigenvalue weighted by molar-refractivity contribution is 9.11. The summed E-state index contributed by atoms with van der Waals surface area (Å²) in [6.07, 6.45) is 7.78. The van der Waals surface area contributed by atoms with Crippen molar-refractivity contribution in [3.8, 4) is 0 Å². The van der Waals surface area contributed by atoms with Crippen LogP contribution in [-0.4, -0.2) is 12.5 Å². The van der Waals surface area contributed by atoms with Gasteiger partial charge in [-0.05, 0) is 59.3 Å². The van der Waals surface area contributed by atoms with Crippen molar-refractivity contribution >= 4 is 37.8 Å². The molecule has 2 rings (SSSR count). The first kappa shape index (κ1) is 13.8. The van der Waals surface area contributed by atoms with Gasteiger partial charge in [-0.2, -0.15) is 0 Å². The molecule has 0 radical (unpaired) electrons. The molecule has 1 atom stereocenters. The Morgan fingerprint density at radius 2 is 2.17 bits per heavy atom. The molecule has 18 heavy (non-hydrogen) atoms. The van der Waals surface area contributed by atoms with Gasteiger partial charge in [0.25, 0.3) is 5.91 Å². The topological polar surface area (TPSA) is 29.1 Å². The lowest BCUT2D eigenvalue weighted by molar-refractivity contribution is 0.0945. The summed E-state index contributed by atoms with van der Waals surface area (Å²) in [5.74, 6) is 0.567. The van der Waals surface area contributed by atoms with Gasteiger partial charge in [-0.25, -0.2) is 0 Å². The standard InChI is InChI=1S/C14H15Br2NO/c15-11-6-7-12(13(16)8-11)14(18)17-9-10-4-2-1-3-5-10/h1-2,6-8,10H,3-5,9H2,(H,17,18). The van der Waals surface area contributed by atoms with E-state index in [9.17, 15) is 4.79 Å². The van der Waals surface area contributed by atoms with Gasteiger partial charge in [0.1, 0.15) is 0 Å². The van der Waals surface area contributed by atoms with Crippen molar-refractivity contribution in [2.45, 2.75) is 19.3 Å². The van der Waals surface area contributed by atoms with E-state index in [1.807, 2.05) is 18.2 Å². The molecule has 0 saturated heterocycles. The van der Waals surface area contributed by atoms with Crippen LogP contribution in [0.3, 0.4) is 0 Å². The zero-order chi connectivity index (χ0) is 13.0. The van der Waals surface area contributed by atoms with Crippen LogP contribution in [0.1, 0.15) is 29.6 Å². The first-order valence-corrected chi connectivity index (χ1v) is 7.63. The Kier molecular flexibility index (Phi) is 5.01. The van der Waals surface area contributed by atoms with E-state index in [0.717, 1.165) is 34.8 Å². The maximum Gasteiger partial charge on any atom is 0.252 e. The summed E-state index contributed by atoms with van der Waals surface area (Å²) in [5, 5.41) is 3.01. The van der Waals surface area contributed by atoms with E-state index < -0.39 is 0 Å². The summed E-state index contributed by atoms with van der Waals surface area (Å²) in [5.41, 5.74) is 0.685. The predicted octanol–water partition coefficient (Wildman–Crippen LogP) is 4.30. The summed E-state index contributed by atoms with van der Waals surface area (Å²) in [7, 11) is 0. The van der Waals surface area contributed by atoms with E-state index in [4.69, 9.17) is 0 Å². The number of nitrogens with one attached hydrogen (secondary N) is 1. The lowest BCUT2D eigenvalue weighted by Crippen LogP contribution is -2.29. The zero-order valence-corrected chi connectivity index (χ0v) is 13.1. The van der Waals surface area contributed by atoms with Gasteiger partial charge in [0.2, 0.25) is 0 Å². The fourth-order valence-electron chi connectivity index (χ4n) is 2.05. The van der Waals surface area contributed by atoms with Gasteiger partial charge in [-0.15, -0.1) is 0 Å². The number of carbonyl (C=O) groups is 1. The van der Waals surface area contributed by atoms with Crippen LogP contribution in [-0.2, 0) is 0 Å². The molecule has 0 heterocycles. The highest BCUT2D eigenvalue weighted by atomic mass is 79.9. The van der Waals surface area contributed by atoms with Crippen LogP contribution in [0.4, 0.5) is 0 Å². The molecule has 0 aliphatic heterocycles. The van der Waals surface area contributed by atoms with Crippen molar-refractivity contribution in [2.24, 2.45) is 5.92 Å². The summed E-state index contributed by atoms with van der Waals surface area (Å²) in [6, 6.07) is 5.59. The highest BCUT2D eigenvalue weighted by Gasteiger charge is 2.14. The van der Waals surface area contributed by atoms with Crippen LogP contribution in [0.2, 0.25) is 0 Å². The molecule has 4 heteroatoms. The van der Waals surface area contributed by atoms with Crippen LogP contribution in [0, 0.1) is 5.92 Å². The fraction of sp³-hybridized carbons (Fsp3) is 0.357. The first-order valence-electron chi connectivity index (χ1n) is 6.05. The Labute approximate surface area is 124 Å². The number of hydrogen-bond acceptors (Lipinski definition) is 1. The second-order valence-electron chi connectivity index (χ2n) is 4.48. The molecule has 1 amide bonds. The van der Waals surface area contributed by atoms with Crippen molar-refractivity contribution in [3.63, 3.8) is 0 Å². The van der Waals surface area contributed by atoms with E-state index in [-0.39, 0.29) is 5.91 Å². The SMILES string of the molecule is O=C(NCC1CC=CCC1)c1ccc(Br)cc1Br. The molecular formula is C14H15Br2NO. The summed E-state index contributed by atoms with van der Waals surface area (Å²) in [6.45, 7) is 0.756. The minimum absolute atomic E-state index is 0.0103. The molecule has 96 valence electrons. The van der Waals surface area contributed by atoms with Gasteiger partial charge < -0.3 is 5.32 Å². The van der Waals surface area contributed by atoms with E-state index in [0.29, 0.717) is 11.5 Å². The minimum atomic E-state index is -0.0103. The fourth-order valence-corrected chi connectivity index (χ4v) is 3.27. The number of carbonyl (C=O) groups excluding carboxylic acids is 1. The van der Waals surface area contributed by atoms with Crippen molar-refractivity contribution in [1.82, 2.24) is 5.32 Å². The third kappa shape index (κ3) is 3.69. The van der Waals surface area contributed by atoms with Crippen LogP contribution in [0.15, 0.2) is 39.3 Å². The van der Waals surface area contributed by atoms with E-state index >= 15 is 0 Å². The molecule has 1 aromatic carbocycles. The molecule has 1 aromatic rings. The second-order valence-corrected chi connectivity index (χ2v) is 6.25. The van der Waals surface area contributed by atoms with E-state index in [2.05, 4.69) is 49.3 Å². The number of hydrogen-bond donors (Lipinski definition) is 1. The monoisotopic (exact) mass is 371 g/mol. The molecule has 1 unspecified atom stereocenters. The summed E-state index contributed by atoms with van der Waals surface area (Å²) >= 11 is 6.79. The molecule has 1 N–H and O–H groups in total. The molecule has 0 bridgehead atoms. The number of halogens is 2. The molecule has 1 aliphatic rings. The summed E-state index contributed by atoms with van der Waals surface area (Å²) in [4.78, 5) is 12.0. The van der Waals surface area contributed by atoms with E-state index in [1.54, 1.807) is 0 Å². The van der Waals surface area contributed by atoms with Gasteiger partial charge >= 0.3 is 0 Å². The quantitative estimate of drug-likeness (QED) is 0.787. The third-order valence-electron chi connectivity index (χ3n) is 3.10. The lowest BCUT2D eigenvalue weighted by Gasteiger charge is -2.18. The average molecular weight is 373 g/mol. The van der Waals surface area contributed by atoms with Gasteiger partial charge in [-0.1, -0.05) is 28.1 Å². The highest BCUT2D eigenvalue weighted by Crippen LogP contribution is 2.22. The Morgan fingerprint density at radius 1 is 1.33 bits per heavy atom. The minimum Gasteiger partial charge on any atom is -0.352 e. The Morgan fingerprint density at radius 3 is 2.83 bits per heavy atom. The van der Waals surface area contributed by atoms with Gasteiger partial charge in [0, 0.05) is 15.5 Å². The van der Waals surface area contributed by atoms with E-state index in [1.165, 1.54) is 0 Å². The maximum absolute atomic E-state index is 12.0. The van der Waals surface area contributed by atoms with Gasteiger partial charge in [-0.3, -0.25) is 4.79 Å². The molecule has 0 aromatic heterocycles. The molecule has 0 fully saturated rings. The number of allylic oxidation sites excluding steroid dienone is 2. The number of rotatable bonds is 3. The molecule has 2 nitrogen and oxygen atoms in total. The molecule has 1 aliphatic carbocycles. The number of amides is 1. The summed E-state index contributed by atoms with van der Waals surface area (Å²) < 4.78 is 1.78. The second kappa shape index (κ2) is 6.53. The number of benzene rings is 1. The van der Waals surface area contributed by atoms with Crippen LogP contribution in [0.25, 0.3) is 0 Å². The van der Waals surface area contributed by atoms with Crippen molar-refractivity contribution in [3.05, 3.63) is 44.9 Å². The first-order chi connectivity index (χ1) is 8.66. The normalized spacial score (nSPS) is 18.7. The van der Waals surface area contributed by atoms with Crippen molar-refractivity contribution in [1.29, 1.82) is 0 Å². The molecular weight excluding hydrogens is 358 g/mol. The largest absolute Gasteiger partial charge is 0.352 e. The van der Waals surface area contributed by atoms with Crippen LogP contribution >= 0.6 is 31.9 Å². The molecule has 0 saturated carbocycles. The maximum atomic E-state index is 12.0. The predicted molar refractivity (Wildman–Crippen MR) is 80.7 cm³/mol. The van der Waals surface area contributed by atoms with Gasteiger partial charge in [0.15, 0.2) is 0 Å². The Balaban J connectivity index is 1.93.